The zero-order chi connectivity index (χ0) is 15.9. The maximum absolute atomic E-state index is 13.0. The lowest BCUT2D eigenvalue weighted by Gasteiger charge is -2.08. The molecule has 5 heteroatoms. The van der Waals surface area contributed by atoms with Gasteiger partial charge in [-0.25, -0.2) is 9.18 Å². The molecule has 2 aromatic rings. The number of carbonyl (C=O) groups excluding carboxylic acids is 2. The molecular weight excluding hydrogens is 285 g/mol. The lowest BCUT2D eigenvalue weighted by Crippen LogP contribution is -2.33. The number of aryl methyl sites for hydroxylation is 1. The quantitative estimate of drug-likeness (QED) is 0.681. The fraction of sp³-hybridized carbons (Fsp3) is 0.176. The van der Waals surface area contributed by atoms with E-state index in [1.807, 2.05) is 19.1 Å². The molecule has 22 heavy (non-hydrogen) atoms. The number of benzene rings is 2. The Morgan fingerprint density at radius 3 is 2.64 bits per heavy atom. The number of carbonyl (C=O) groups is 2. The van der Waals surface area contributed by atoms with Crippen LogP contribution in [0.3, 0.4) is 0 Å². The smallest absolute Gasteiger partial charge is 0.330 e. The number of hydrogen-bond acceptors (Lipinski definition) is 3. The molecule has 0 saturated carbocycles. The van der Waals surface area contributed by atoms with Crippen molar-refractivity contribution in [2.45, 2.75) is 13.3 Å². The Bertz CT molecular complexity index is 685. The minimum absolute atomic E-state index is 0.00933. The normalized spacial score (nSPS) is 10.1. The number of nitrogens with one attached hydrogen (secondary N) is 1. The third-order valence-corrected chi connectivity index (χ3v) is 3.00. The Hall–Kier alpha value is -2.69. The molecule has 0 heterocycles. The fourth-order valence-electron chi connectivity index (χ4n) is 1.90. The Morgan fingerprint density at radius 1 is 1.14 bits per heavy atom. The Balaban J connectivity index is 1.81. The molecule has 0 aromatic heterocycles. The van der Waals surface area contributed by atoms with Crippen molar-refractivity contribution in [1.29, 1.82) is 0 Å². The molecule has 0 saturated heterocycles. The van der Waals surface area contributed by atoms with Crippen LogP contribution in [0.5, 0.6) is 5.75 Å². The summed E-state index contributed by atoms with van der Waals surface area (Å²) in [5.41, 5.74) is 1.38. The molecule has 0 aliphatic heterocycles. The van der Waals surface area contributed by atoms with Gasteiger partial charge in [0.25, 0.3) is 0 Å². The summed E-state index contributed by atoms with van der Waals surface area (Å²) >= 11 is 0. The van der Waals surface area contributed by atoms with E-state index in [-0.39, 0.29) is 18.9 Å². The van der Waals surface area contributed by atoms with Crippen LogP contribution >= 0.6 is 0 Å². The van der Waals surface area contributed by atoms with Crippen LogP contribution in [0.1, 0.15) is 11.1 Å². The predicted octanol–water partition coefficient (Wildman–Crippen LogP) is 2.40. The highest BCUT2D eigenvalue weighted by Gasteiger charge is 2.10. The van der Waals surface area contributed by atoms with E-state index in [4.69, 9.17) is 4.74 Å². The van der Waals surface area contributed by atoms with Gasteiger partial charge in [-0.3, -0.25) is 4.79 Å². The Morgan fingerprint density at radius 2 is 1.91 bits per heavy atom. The van der Waals surface area contributed by atoms with Crippen LogP contribution in [0.2, 0.25) is 0 Å². The number of amides is 1. The zero-order valence-electron chi connectivity index (χ0n) is 12.1. The van der Waals surface area contributed by atoms with Crippen molar-refractivity contribution in [3.05, 3.63) is 65.5 Å². The largest absolute Gasteiger partial charge is 0.425 e. The van der Waals surface area contributed by atoms with Gasteiger partial charge in [0.2, 0.25) is 5.91 Å². The second-order valence-electron chi connectivity index (χ2n) is 4.82. The van der Waals surface area contributed by atoms with Gasteiger partial charge >= 0.3 is 5.97 Å². The molecule has 0 aliphatic rings. The summed E-state index contributed by atoms with van der Waals surface area (Å²) in [7, 11) is 0. The average molecular weight is 301 g/mol. The number of hydrogen-bond donors (Lipinski definition) is 1. The van der Waals surface area contributed by atoms with Crippen LogP contribution in [0.4, 0.5) is 4.39 Å². The summed E-state index contributed by atoms with van der Waals surface area (Å²) in [6.07, 6.45) is 0.00933. The van der Waals surface area contributed by atoms with Gasteiger partial charge in [-0.2, -0.15) is 0 Å². The summed E-state index contributed by atoms with van der Waals surface area (Å²) < 4.78 is 18.2. The predicted molar refractivity (Wildman–Crippen MR) is 79.9 cm³/mol. The highest BCUT2D eigenvalue weighted by Crippen LogP contribution is 2.15. The summed E-state index contributed by atoms with van der Waals surface area (Å²) in [4.78, 5) is 23.4. The lowest BCUT2D eigenvalue weighted by molar-refractivity contribution is -0.135. The summed E-state index contributed by atoms with van der Waals surface area (Å²) in [5.74, 6) is -0.856. The SMILES string of the molecule is Cc1ccccc1OC(=O)CNC(=O)Cc1cccc(F)c1. The van der Waals surface area contributed by atoms with E-state index < -0.39 is 11.8 Å². The topological polar surface area (TPSA) is 55.4 Å². The van der Waals surface area contributed by atoms with Crippen LogP contribution in [0.15, 0.2) is 48.5 Å². The van der Waals surface area contributed by atoms with Crippen molar-refractivity contribution in [3.63, 3.8) is 0 Å². The van der Waals surface area contributed by atoms with Crippen molar-refractivity contribution in [3.8, 4) is 5.75 Å². The summed E-state index contributed by atoms with van der Waals surface area (Å²) in [6.45, 7) is 1.59. The van der Waals surface area contributed by atoms with Gasteiger partial charge < -0.3 is 10.1 Å². The molecule has 2 aromatic carbocycles. The standard InChI is InChI=1S/C17H16FNO3/c1-12-5-2-3-8-15(12)22-17(21)11-19-16(20)10-13-6-4-7-14(18)9-13/h2-9H,10-11H2,1H3,(H,19,20). The van der Waals surface area contributed by atoms with Crippen LogP contribution < -0.4 is 10.1 Å². The number of ether oxygens (including phenoxy) is 1. The van der Waals surface area contributed by atoms with E-state index >= 15 is 0 Å². The van der Waals surface area contributed by atoms with Crippen molar-refractivity contribution < 1.29 is 18.7 Å². The highest BCUT2D eigenvalue weighted by atomic mass is 19.1. The first-order valence-electron chi connectivity index (χ1n) is 6.82. The van der Waals surface area contributed by atoms with Crippen LogP contribution in [-0.2, 0) is 16.0 Å². The molecular formula is C17H16FNO3. The molecule has 0 spiro atoms. The van der Waals surface area contributed by atoms with Gasteiger partial charge in [-0.1, -0.05) is 30.3 Å². The van der Waals surface area contributed by atoms with Crippen LogP contribution in [0.25, 0.3) is 0 Å². The summed E-state index contributed by atoms with van der Waals surface area (Å²) in [5, 5.41) is 2.45. The molecule has 0 fully saturated rings. The van der Waals surface area contributed by atoms with E-state index in [1.54, 1.807) is 18.2 Å². The fourth-order valence-corrected chi connectivity index (χ4v) is 1.90. The zero-order valence-corrected chi connectivity index (χ0v) is 12.1. The highest BCUT2D eigenvalue weighted by molar-refractivity contribution is 5.84. The first-order valence-corrected chi connectivity index (χ1v) is 6.82. The maximum Gasteiger partial charge on any atom is 0.330 e. The number of rotatable bonds is 5. The van der Waals surface area contributed by atoms with E-state index in [2.05, 4.69) is 5.32 Å². The van der Waals surface area contributed by atoms with E-state index in [0.717, 1.165) is 5.56 Å². The lowest BCUT2D eigenvalue weighted by atomic mass is 10.1. The number of para-hydroxylation sites is 1. The first kappa shape index (κ1) is 15.7. The first-order chi connectivity index (χ1) is 10.5. The molecule has 0 bridgehead atoms. The van der Waals surface area contributed by atoms with Crippen molar-refractivity contribution in [2.75, 3.05) is 6.54 Å². The minimum atomic E-state index is -0.554. The van der Waals surface area contributed by atoms with Gasteiger partial charge in [0.1, 0.15) is 18.1 Å². The van der Waals surface area contributed by atoms with Crippen molar-refractivity contribution in [2.24, 2.45) is 0 Å². The van der Waals surface area contributed by atoms with Crippen molar-refractivity contribution in [1.82, 2.24) is 5.32 Å². The average Bonchev–Trinajstić information content (AvgIpc) is 2.48. The Kier molecular flexibility index (Phi) is 5.25. The second-order valence-corrected chi connectivity index (χ2v) is 4.82. The van der Waals surface area contributed by atoms with Crippen LogP contribution in [0, 0.1) is 12.7 Å². The van der Waals surface area contributed by atoms with E-state index in [1.165, 1.54) is 18.2 Å². The third kappa shape index (κ3) is 4.70. The second kappa shape index (κ2) is 7.36. The van der Waals surface area contributed by atoms with Gasteiger partial charge in [0, 0.05) is 0 Å². The van der Waals surface area contributed by atoms with E-state index in [0.29, 0.717) is 11.3 Å². The van der Waals surface area contributed by atoms with E-state index in [9.17, 15) is 14.0 Å². The van der Waals surface area contributed by atoms with Gasteiger partial charge in [-0.05, 0) is 36.2 Å². The molecule has 1 N–H and O–H groups in total. The minimum Gasteiger partial charge on any atom is -0.425 e. The molecule has 0 aliphatic carbocycles. The molecule has 4 nitrogen and oxygen atoms in total. The Labute approximate surface area is 127 Å². The molecule has 0 unspecified atom stereocenters. The molecule has 0 atom stereocenters. The number of esters is 1. The third-order valence-electron chi connectivity index (χ3n) is 3.00. The molecule has 2 rings (SSSR count). The van der Waals surface area contributed by atoms with Gasteiger partial charge in [0.15, 0.2) is 0 Å². The van der Waals surface area contributed by atoms with Gasteiger partial charge in [0.05, 0.1) is 6.42 Å². The summed E-state index contributed by atoms with van der Waals surface area (Å²) in [6, 6.07) is 12.9. The molecule has 114 valence electrons. The van der Waals surface area contributed by atoms with Crippen molar-refractivity contribution >= 4 is 11.9 Å². The monoisotopic (exact) mass is 301 g/mol. The van der Waals surface area contributed by atoms with Crippen LogP contribution in [-0.4, -0.2) is 18.4 Å². The number of halogens is 1. The maximum atomic E-state index is 13.0. The molecule has 1 amide bonds. The molecule has 0 radical (unpaired) electrons. The van der Waals surface area contributed by atoms with Gasteiger partial charge in [-0.15, -0.1) is 0 Å².